The van der Waals surface area contributed by atoms with Gasteiger partial charge in [0.1, 0.15) is 0 Å². The highest BCUT2D eigenvalue weighted by Gasteiger charge is 2.14. The second kappa shape index (κ2) is 10.6. The van der Waals surface area contributed by atoms with Crippen LogP contribution in [0.25, 0.3) is 0 Å². The van der Waals surface area contributed by atoms with Crippen molar-refractivity contribution in [3.05, 3.63) is 0 Å². The van der Waals surface area contributed by atoms with E-state index in [-0.39, 0.29) is 18.0 Å². The number of aliphatic hydroxyl groups excluding tert-OH is 1. The number of esters is 1. The average Bonchev–Trinajstić information content (AvgIpc) is 2.34. The summed E-state index contributed by atoms with van der Waals surface area (Å²) in [6.07, 6.45) is 8.11. The lowest BCUT2D eigenvalue weighted by atomic mass is 9.99. The van der Waals surface area contributed by atoms with Crippen LogP contribution in [-0.4, -0.2) is 24.3 Å². The molecule has 0 saturated heterocycles. The quantitative estimate of drug-likeness (QED) is 0.474. The van der Waals surface area contributed by atoms with Crippen molar-refractivity contribution in [1.29, 1.82) is 0 Å². The number of carbonyl (C=O) groups is 1. The molecule has 0 fully saturated rings. The summed E-state index contributed by atoms with van der Waals surface area (Å²) in [5, 5.41) is 9.76. The number of hydrogen-bond acceptors (Lipinski definition) is 3. The van der Waals surface area contributed by atoms with Gasteiger partial charge in [0.25, 0.3) is 0 Å². The third-order valence-corrected chi connectivity index (χ3v) is 3.18. The fourth-order valence-electron chi connectivity index (χ4n) is 1.89. The van der Waals surface area contributed by atoms with Crippen LogP contribution >= 0.6 is 0 Å². The van der Waals surface area contributed by atoms with Crippen LogP contribution in [-0.2, 0) is 9.53 Å². The Morgan fingerprint density at radius 2 is 1.76 bits per heavy atom. The molecule has 0 aliphatic heterocycles. The first-order valence-electron chi connectivity index (χ1n) is 6.87. The van der Waals surface area contributed by atoms with E-state index in [0.29, 0.717) is 12.8 Å². The maximum absolute atomic E-state index is 11.2. The van der Waals surface area contributed by atoms with Gasteiger partial charge in [-0.05, 0) is 19.3 Å². The Morgan fingerprint density at radius 3 is 2.35 bits per heavy atom. The van der Waals surface area contributed by atoms with Gasteiger partial charge in [0.15, 0.2) is 0 Å². The summed E-state index contributed by atoms with van der Waals surface area (Å²) in [6.45, 7) is 4.04. The minimum atomic E-state index is -0.260. The zero-order chi connectivity index (χ0) is 13.1. The Morgan fingerprint density at radius 1 is 1.12 bits per heavy atom. The maximum atomic E-state index is 11.2. The Hall–Kier alpha value is -0.570. The van der Waals surface area contributed by atoms with Crippen LogP contribution in [0, 0.1) is 5.92 Å². The van der Waals surface area contributed by atoms with Crippen LogP contribution in [0.4, 0.5) is 0 Å². The van der Waals surface area contributed by atoms with E-state index in [1.165, 1.54) is 32.8 Å². The Kier molecular flexibility index (Phi) is 10.2. The van der Waals surface area contributed by atoms with Gasteiger partial charge < -0.3 is 9.84 Å². The molecule has 0 aromatic rings. The number of methoxy groups -OCH3 is 1. The third kappa shape index (κ3) is 9.16. The second-order valence-electron chi connectivity index (χ2n) is 4.86. The molecule has 0 saturated carbocycles. The normalized spacial score (nSPS) is 14.4. The fraction of sp³-hybridized carbons (Fsp3) is 0.929. The van der Waals surface area contributed by atoms with Gasteiger partial charge in [-0.25, -0.2) is 0 Å². The predicted octanol–water partition coefficient (Wildman–Crippen LogP) is 3.30. The summed E-state index contributed by atoms with van der Waals surface area (Å²) in [7, 11) is 1.41. The molecule has 0 unspecified atom stereocenters. The second-order valence-corrected chi connectivity index (χ2v) is 4.86. The van der Waals surface area contributed by atoms with E-state index in [2.05, 4.69) is 11.7 Å². The number of unbranched alkanes of at least 4 members (excludes halogenated alkanes) is 4. The van der Waals surface area contributed by atoms with Gasteiger partial charge in [0.05, 0.1) is 19.1 Å². The molecule has 3 heteroatoms. The standard InChI is InChI=1S/C14H28O3/c1-4-5-6-7-8-9-13(15)11-10-12(2)14(16)17-3/h12-13,15H,4-11H2,1-3H3/t12-,13-/m0/s1. The van der Waals surface area contributed by atoms with Crippen molar-refractivity contribution in [3.8, 4) is 0 Å². The van der Waals surface area contributed by atoms with Crippen LogP contribution in [0.2, 0.25) is 0 Å². The minimum Gasteiger partial charge on any atom is -0.469 e. The summed E-state index contributed by atoms with van der Waals surface area (Å²) in [5.74, 6) is -0.283. The Labute approximate surface area is 106 Å². The van der Waals surface area contributed by atoms with Crippen LogP contribution in [0.5, 0.6) is 0 Å². The van der Waals surface area contributed by atoms with Crippen LogP contribution in [0.1, 0.15) is 65.2 Å². The van der Waals surface area contributed by atoms with Crippen LogP contribution in [0.15, 0.2) is 0 Å². The van der Waals surface area contributed by atoms with Crippen molar-refractivity contribution in [2.24, 2.45) is 5.92 Å². The van der Waals surface area contributed by atoms with Gasteiger partial charge in [-0.3, -0.25) is 4.79 Å². The molecule has 3 nitrogen and oxygen atoms in total. The van der Waals surface area contributed by atoms with E-state index < -0.39 is 0 Å². The smallest absolute Gasteiger partial charge is 0.308 e. The van der Waals surface area contributed by atoms with E-state index in [0.717, 1.165) is 12.8 Å². The summed E-state index contributed by atoms with van der Waals surface area (Å²) < 4.78 is 4.65. The zero-order valence-corrected chi connectivity index (χ0v) is 11.6. The predicted molar refractivity (Wildman–Crippen MR) is 69.8 cm³/mol. The molecule has 0 heterocycles. The van der Waals surface area contributed by atoms with E-state index >= 15 is 0 Å². The van der Waals surface area contributed by atoms with Crippen molar-refractivity contribution in [3.63, 3.8) is 0 Å². The van der Waals surface area contributed by atoms with Crippen LogP contribution in [0.3, 0.4) is 0 Å². The monoisotopic (exact) mass is 244 g/mol. The zero-order valence-electron chi connectivity index (χ0n) is 11.6. The summed E-state index contributed by atoms with van der Waals surface area (Å²) >= 11 is 0. The SMILES string of the molecule is CCCCCCC[C@H](O)CC[C@H](C)C(=O)OC. The molecular weight excluding hydrogens is 216 g/mol. The highest BCUT2D eigenvalue weighted by atomic mass is 16.5. The lowest BCUT2D eigenvalue weighted by Crippen LogP contribution is -2.16. The Balaban J connectivity index is 3.45. The van der Waals surface area contributed by atoms with E-state index in [4.69, 9.17) is 0 Å². The lowest BCUT2D eigenvalue weighted by Gasteiger charge is -2.13. The first-order valence-corrected chi connectivity index (χ1v) is 6.87. The summed E-state index contributed by atoms with van der Waals surface area (Å²) in [4.78, 5) is 11.2. The van der Waals surface area contributed by atoms with E-state index in [1.807, 2.05) is 6.92 Å². The highest BCUT2D eigenvalue weighted by molar-refractivity contribution is 5.71. The third-order valence-electron chi connectivity index (χ3n) is 3.18. The molecule has 1 N–H and O–H groups in total. The molecular formula is C14H28O3. The molecule has 0 aromatic heterocycles. The lowest BCUT2D eigenvalue weighted by molar-refractivity contribution is -0.145. The molecule has 102 valence electrons. The topological polar surface area (TPSA) is 46.5 Å². The van der Waals surface area contributed by atoms with Crippen molar-refractivity contribution in [2.75, 3.05) is 7.11 Å². The molecule has 17 heavy (non-hydrogen) atoms. The molecule has 0 aromatic carbocycles. The van der Waals surface area contributed by atoms with Crippen molar-refractivity contribution < 1.29 is 14.6 Å². The molecule has 0 rings (SSSR count). The molecule has 2 atom stereocenters. The summed E-state index contributed by atoms with van der Waals surface area (Å²) in [6, 6.07) is 0. The highest BCUT2D eigenvalue weighted by Crippen LogP contribution is 2.14. The Bertz CT molecular complexity index is 192. The molecule has 0 radical (unpaired) electrons. The molecule has 0 amide bonds. The molecule has 0 aliphatic rings. The van der Waals surface area contributed by atoms with E-state index in [9.17, 15) is 9.90 Å². The molecule has 0 bridgehead atoms. The van der Waals surface area contributed by atoms with Crippen molar-refractivity contribution in [1.82, 2.24) is 0 Å². The number of ether oxygens (including phenoxy) is 1. The van der Waals surface area contributed by atoms with Crippen LogP contribution < -0.4 is 0 Å². The molecule has 0 aliphatic carbocycles. The van der Waals surface area contributed by atoms with Gasteiger partial charge in [-0.1, -0.05) is 46.0 Å². The van der Waals surface area contributed by atoms with Gasteiger partial charge in [0, 0.05) is 0 Å². The first kappa shape index (κ1) is 16.4. The maximum Gasteiger partial charge on any atom is 0.308 e. The average molecular weight is 244 g/mol. The first-order chi connectivity index (χ1) is 8.11. The molecule has 0 spiro atoms. The van der Waals surface area contributed by atoms with Crippen molar-refractivity contribution in [2.45, 2.75) is 71.3 Å². The summed E-state index contributed by atoms with van der Waals surface area (Å²) in [5.41, 5.74) is 0. The number of carbonyl (C=O) groups excluding carboxylic acids is 1. The van der Waals surface area contributed by atoms with Gasteiger partial charge >= 0.3 is 5.97 Å². The van der Waals surface area contributed by atoms with Crippen molar-refractivity contribution >= 4 is 5.97 Å². The number of hydrogen-bond donors (Lipinski definition) is 1. The van der Waals surface area contributed by atoms with Gasteiger partial charge in [-0.15, -0.1) is 0 Å². The van der Waals surface area contributed by atoms with Gasteiger partial charge in [0.2, 0.25) is 0 Å². The number of rotatable bonds is 10. The van der Waals surface area contributed by atoms with Gasteiger partial charge in [-0.2, -0.15) is 0 Å². The fourth-order valence-corrected chi connectivity index (χ4v) is 1.89. The number of aliphatic hydroxyl groups is 1. The minimum absolute atomic E-state index is 0.102. The largest absolute Gasteiger partial charge is 0.469 e. The van der Waals surface area contributed by atoms with E-state index in [1.54, 1.807) is 0 Å².